The monoisotopic (exact) mass is 375 g/mol. The third-order valence-corrected chi connectivity index (χ3v) is 4.95. The van der Waals surface area contributed by atoms with Crippen LogP contribution in [0, 0.1) is 20.8 Å². The summed E-state index contributed by atoms with van der Waals surface area (Å²) >= 11 is 5.80. The highest BCUT2D eigenvalue weighted by Crippen LogP contribution is 2.21. The van der Waals surface area contributed by atoms with Crippen molar-refractivity contribution < 1.29 is 0 Å². The normalized spacial score (nSPS) is 10.5. The van der Waals surface area contributed by atoms with Gasteiger partial charge in [-0.15, -0.1) is 0 Å². The van der Waals surface area contributed by atoms with Crippen LogP contribution in [0.25, 0.3) is 0 Å². The molecule has 0 saturated carbocycles. The van der Waals surface area contributed by atoms with E-state index < -0.39 is 0 Å². The molecule has 2 aromatic carbocycles. The lowest BCUT2D eigenvalue weighted by molar-refractivity contribution is 0.412. The lowest BCUT2D eigenvalue weighted by Crippen LogP contribution is -2.34. The molecule has 1 N–H and O–H groups in total. The Hall–Kier alpha value is -2.72. The summed E-state index contributed by atoms with van der Waals surface area (Å²) in [5, 5.41) is 4.19. The van der Waals surface area contributed by atoms with Crippen molar-refractivity contribution in [2.24, 2.45) is 0 Å². The average molecular weight is 376 g/mol. The molecule has 0 atom stereocenters. The van der Waals surface area contributed by atoms with Crippen molar-refractivity contribution in [1.82, 2.24) is 9.88 Å². The summed E-state index contributed by atoms with van der Waals surface area (Å²) in [6, 6.07) is 18.9. The zero-order chi connectivity index (χ0) is 19.2. The van der Waals surface area contributed by atoms with E-state index in [0.717, 1.165) is 22.9 Å². The van der Waals surface area contributed by atoms with Gasteiger partial charge in [0, 0.05) is 31.2 Å². The Labute approximate surface area is 167 Å². The molecule has 138 valence electrons. The second kappa shape index (κ2) is 8.78. The number of hydrogen-bond donors (Lipinski definition) is 1. The standard InChI is InChI=1S/C23H25N3S/c1-17-9-11-20(12-10-17)15-26(16-21-8-5-13-24-14-21)23(27)25-22-18(2)6-4-7-19(22)3/h4-14H,15-16H2,1-3H3,(H,25,27). The Morgan fingerprint density at radius 2 is 1.56 bits per heavy atom. The summed E-state index contributed by atoms with van der Waals surface area (Å²) in [6.07, 6.45) is 3.69. The fourth-order valence-corrected chi connectivity index (χ4v) is 3.25. The predicted octanol–water partition coefficient (Wildman–Crippen LogP) is 5.41. The molecule has 0 amide bonds. The van der Waals surface area contributed by atoms with E-state index in [-0.39, 0.29) is 0 Å². The maximum absolute atomic E-state index is 5.80. The number of thiocarbonyl (C=S) groups is 1. The molecule has 0 radical (unpaired) electrons. The molecule has 0 aliphatic carbocycles. The first kappa shape index (κ1) is 19.1. The van der Waals surface area contributed by atoms with Crippen LogP contribution in [-0.2, 0) is 13.1 Å². The lowest BCUT2D eigenvalue weighted by atomic mass is 10.1. The van der Waals surface area contributed by atoms with E-state index in [1.807, 2.05) is 12.3 Å². The molecular weight excluding hydrogens is 350 g/mol. The molecule has 0 saturated heterocycles. The van der Waals surface area contributed by atoms with Gasteiger partial charge in [0.15, 0.2) is 5.11 Å². The molecule has 3 aromatic rings. The van der Waals surface area contributed by atoms with Gasteiger partial charge in [-0.2, -0.15) is 0 Å². The Morgan fingerprint density at radius 3 is 2.19 bits per heavy atom. The number of pyridine rings is 1. The van der Waals surface area contributed by atoms with Crippen molar-refractivity contribution in [2.45, 2.75) is 33.9 Å². The van der Waals surface area contributed by atoms with E-state index in [2.05, 4.69) is 84.5 Å². The van der Waals surface area contributed by atoms with E-state index in [9.17, 15) is 0 Å². The zero-order valence-corrected chi connectivity index (χ0v) is 16.9. The summed E-state index contributed by atoms with van der Waals surface area (Å²) in [4.78, 5) is 6.42. The van der Waals surface area contributed by atoms with Crippen molar-refractivity contribution in [2.75, 3.05) is 5.32 Å². The molecule has 0 aliphatic heterocycles. The van der Waals surface area contributed by atoms with Gasteiger partial charge in [-0.3, -0.25) is 4.98 Å². The predicted molar refractivity (Wildman–Crippen MR) is 117 cm³/mol. The van der Waals surface area contributed by atoms with Crippen LogP contribution in [0.15, 0.2) is 67.0 Å². The number of nitrogens with one attached hydrogen (secondary N) is 1. The molecule has 0 unspecified atom stereocenters. The van der Waals surface area contributed by atoms with Crippen LogP contribution in [-0.4, -0.2) is 15.0 Å². The Morgan fingerprint density at radius 1 is 0.889 bits per heavy atom. The van der Waals surface area contributed by atoms with Crippen molar-refractivity contribution in [3.8, 4) is 0 Å². The SMILES string of the molecule is Cc1ccc(CN(Cc2cccnc2)C(=S)Nc2c(C)cccc2C)cc1. The van der Waals surface area contributed by atoms with Gasteiger partial charge < -0.3 is 10.2 Å². The molecule has 0 spiro atoms. The van der Waals surface area contributed by atoms with E-state index in [1.54, 1.807) is 6.20 Å². The topological polar surface area (TPSA) is 28.2 Å². The molecular formula is C23H25N3S. The highest BCUT2D eigenvalue weighted by atomic mass is 32.1. The summed E-state index contributed by atoms with van der Waals surface area (Å²) in [5.74, 6) is 0. The van der Waals surface area contributed by atoms with Gasteiger partial charge in [-0.25, -0.2) is 0 Å². The van der Waals surface area contributed by atoms with E-state index >= 15 is 0 Å². The maximum Gasteiger partial charge on any atom is 0.174 e. The molecule has 0 bridgehead atoms. The van der Waals surface area contributed by atoms with Crippen LogP contribution in [0.3, 0.4) is 0 Å². The van der Waals surface area contributed by atoms with Crippen molar-refractivity contribution in [3.63, 3.8) is 0 Å². The molecule has 0 fully saturated rings. The fraction of sp³-hybridized carbons (Fsp3) is 0.217. The number of nitrogens with zero attached hydrogens (tertiary/aromatic N) is 2. The summed E-state index contributed by atoms with van der Waals surface area (Å²) in [5.41, 5.74) is 7.09. The third-order valence-electron chi connectivity index (χ3n) is 4.59. The molecule has 1 heterocycles. The molecule has 0 aliphatic rings. The van der Waals surface area contributed by atoms with Crippen molar-refractivity contribution >= 4 is 23.0 Å². The van der Waals surface area contributed by atoms with Gasteiger partial charge in [-0.05, 0) is 61.3 Å². The first-order valence-corrected chi connectivity index (χ1v) is 9.50. The number of hydrogen-bond acceptors (Lipinski definition) is 2. The molecule has 1 aromatic heterocycles. The minimum Gasteiger partial charge on any atom is -0.340 e. The number of para-hydroxylation sites is 1. The average Bonchev–Trinajstić information content (AvgIpc) is 2.67. The molecule has 3 rings (SSSR count). The molecule has 3 nitrogen and oxygen atoms in total. The zero-order valence-electron chi connectivity index (χ0n) is 16.1. The number of rotatable bonds is 5. The summed E-state index contributed by atoms with van der Waals surface area (Å²) in [6.45, 7) is 7.75. The van der Waals surface area contributed by atoms with Crippen molar-refractivity contribution in [3.05, 3.63) is 94.8 Å². The second-order valence-corrected chi connectivity index (χ2v) is 7.29. The Balaban J connectivity index is 1.83. The van der Waals surface area contributed by atoms with Crippen LogP contribution in [0.1, 0.15) is 27.8 Å². The van der Waals surface area contributed by atoms with Crippen LogP contribution in [0.2, 0.25) is 0 Å². The van der Waals surface area contributed by atoms with Gasteiger partial charge in [-0.1, -0.05) is 54.1 Å². The largest absolute Gasteiger partial charge is 0.340 e. The highest BCUT2D eigenvalue weighted by Gasteiger charge is 2.14. The van der Waals surface area contributed by atoms with Crippen LogP contribution in [0.5, 0.6) is 0 Å². The van der Waals surface area contributed by atoms with Gasteiger partial charge in [0.05, 0.1) is 0 Å². The molecule has 4 heteroatoms. The first-order chi connectivity index (χ1) is 13.0. The van der Waals surface area contributed by atoms with Crippen LogP contribution in [0.4, 0.5) is 5.69 Å². The van der Waals surface area contributed by atoms with Gasteiger partial charge in [0.1, 0.15) is 0 Å². The van der Waals surface area contributed by atoms with Gasteiger partial charge in [0.25, 0.3) is 0 Å². The second-order valence-electron chi connectivity index (χ2n) is 6.90. The first-order valence-electron chi connectivity index (χ1n) is 9.09. The summed E-state index contributed by atoms with van der Waals surface area (Å²) in [7, 11) is 0. The van der Waals surface area contributed by atoms with E-state index in [0.29, 0.717) is 6.54 Å². The Kier molecular flexibility index (Phi) is 6.20. The minimum atomic E-state index is 0.707. The third kappa shape index (κ3) is 5.14. The Bertz CT molecular complexity index is 884. The van der Waals surface area contributed by atoms with Crippen molar-refractivity contribution in [1.29, 1.82) is 0 Å². The maximum atomic E-state index is 5.80. The highest BCUT2D eigenvalue weighted by molar-refractivity contribution is 7.80. The number of benzene rings is 2. The number of aryl methyl sites for hydroxylation is 3. The van der Waals surface area contributed by atoms with Gasteiger partial charge in [0.2, 0.25) is 0 Å². The van der Waals surface area contributed by atoms with E-state index in [1.165, 1.54) is 22.3 Å². The van der Waals surface area contributed by atoms with Crippen LogP contribution >= 0.6 is 12.2 Å². The fourth-order valence-electron chi connectivity index (χ4n) is 3.02. The smallest absolute Gasteiger partial charge is 0.174 e. The minimum absolute atomic E-state index is 0.707. The molecule has 27 heavy (non-hydrogen) atoms. The number of aromatic nitrogens is 1. The lowest BCUT2D eigenvalue weighted by Gasteiger charge is -2.27. The van der Waals surface area contributed by atoms with Crippen LogP contribution < -0.4 is 5.32 Å². The number of anilines is 1. The summed E-state index contributed by atoms with van der Waals surface area (Å²) < 4.78 is 0. The van der Waals surface area contributed by atoms with Gasteiger partial charge >= 0.3 is 0 Å². The quantitative estimate of drug-likeness (QED) is 0.604. The van der Waals surface area contributed by atoms with E-state index in [4.69, 9.17) is 12.2 Å².